The van der Waals surface area contributed by atoms with E-state index >= 15 is 0 Å². The van der Waals surface area contributed by atoms with Crippen molar-refractivity contribution in [1.29, 1.82) is 0 Å². The molecule has 3 heterocycles. The van der Waals surface area contributed by atoms with E-state index in [0.29, 0.717) is 18.1 Å². The minimum absolute atomic E-state index is 0.0146. The molecule has 0 bridgehead atoms. The van der Waals surface area contributed by atoms with Crippen LogP contribution in [-0.4, -0.2) is 40.9 Å². The van der Waals surface area contributed by atoms with Crippen LogP contribution in [-0.2, 0) is 4.79 Å². The van der Waals surface area contributed by atoms with E-state index in [4.69, 9.17) is 10.5 Å². The van der Waals surface area contributed by atoms with E-state index in [-0.39, 0.29) is 23.4 Å². The molecule has 2 aromatic heterocycles. The van der Waals surface area contributed by atoms with Crippen LogP contribution in [0.2, 0.25) is 0 Å². The van der Waals surface area contributed by atoms with Gasteiger partial charge >= 0.3 is 0 Å². The number of pyridine rings is 2. The van der Waals surface area contributed by atoms with Crippen LogP contribution in [0.25, 0.3) is 0 Å². The molecule has 1 aliphatic heterocycles. The van der Waals surface area contributed by atoms with Gasteiger partial charge in [-0.05, 0) is 36.8 Å². The van der Waals surface area contributed by atoms with Crippen molar-refractivity contribution in [2.75, 3.05) is 18.0 Å². The van der Waals surface area contributed by atoms with Crippen LogP contribution in [0.15, 0.2) is 49.3 Å². The number of nitrogens with one attached hydrogen (secondary N) is 1. The van der Waals surface area contributed by atoms with Gasteiger partial charge in [0.25, 0.3) is 5.91 Å². The Hall–Kier alpha value is -3.42. The van der Waals surface area contributed by atoms with Crippen molar-refractivity contribution in [1.82, 2.24) is 15.3 Å². The summed E-state index contributed by atoms with van der Waals surface area (Å²) in [6.07, 6.45) is 5.18. The van der Waals surface area contributed by atoms with Crippen molar-refractivity contribution < 1.29 is 14.3 Å². The van der Waals surface area contributed by atoms with E-state index in [9.17, 15) is 9.59 Å². The summed E-state index contributed by atoms with van der Waals surface area (Å²) in [4.78, 5) is 33.5. The van der Waals surface area contributed by atoms with Gasteiger partial charge in [0.05, 0.1) is 6.20 Å². The van der Waals surface area contributed by atoms with E-state index in [1.54, 1.807) is 30.5 Å². The first kappa shape index (κ1) is 17.4. The number of hydrogen-bond acceptors (Lipinski definition) is 6. The van der Waals surface area contributed by atoms with Gasteiger partial charge < -0.3 is 20.7 Å². The number of carbonyl (C=O) groups is 2. The topological polar surface area (TPSA) is 110 Å². The normalized spacial score (nSPS) is 16.2. The van der Waals surface area contributed by atoms with Crippen LogP contribution in [0.1, 0.15) is 16.8 Å². The molecular formula is C18H19N5O3. The first-order valence-corrected chi connectivity index (χ1v) is 8.13. The predicted octanol–water partition coefficient (Wildman–Crippen LogP) is 1.25. The zero-order valence-electron chi connectivity index (χ0n) is 14.1. The molecule has 0 aliphatic carbocycles. The monoisotopic (exact) mass is 353 g/mol. The third-order valence-corrected chi connectivity index (χ3v) is 4.00. The lowest BCUT2D eigenvalue weighted by molar-refractivity contribution is -0.117. The van der Waals surface area contributed by atoms with Crippen molar-refractivity contribution in [2.45, 2.75) is 12.5 Å². The molecular weight excluding hydrogens is 334 g/mol. The lowest BCUT2D eigenvalue weighted by Gasteiger charge is -2.19. The van der Waals surface area contributed by atoms with Gasteiger partial charge in [0.15, 0.2) is 0 Å². The van der Waals surface area contributed by atoms with Gasteiger partial charge in [-0.1, -0.05) is 6.58 Å². The Balaban J connectivity index is 1.81. The van der Waals surface area contributed by atoms with E-state index in [1.165, 1.54) is 12.3 Å². The number of nitrogens with zero attached hydrogens (tertiary/aromatic N) is 3. The fourth-order valence-electron chi connectivity index (χ4n) is 2.74. The maximum atomic E-state index is 11.7. The molecule has 1 aliphatic rings. The molecule has 0 saturated carbocycles. The number of nitrogens with two attached hydrogens (primary N) is 1. The molecule has 1 fully saturated rings. The Morgan fingerprint density at radius 2 is 2.23 bits per heavy atom. The van der Waals surface area contributed by atoms with Gasteiger partial charge in [-0.25, -0.2) is 0 Å². The number of anilines is 1. The van der Waals surface area contributed by atoms with E-state index < -0.39 is 5.91 Å². The average molecular weight is 353 g/mol. The number of rotatable bonds is 6. The van der Waals surface area contributed by atoms with Crippen LogP contribution in [0.5, 0.6) is 11.6 Å². The molecule has 0 unspecified atom stereocenters. The van der Waals surface area contributed by atoms with Gasteiger partial charge in [0.2, 0.25) is 11.8 Å². The van der Waals surface area contributed by atoms with Crippen molar-refractivity contribution in [3.05, 3.63) is 54.9 Å². The predicted molar refractivity (Wildman–Crippen MR) is 96.0 cm³/mol. The molecule has 8 heteroatoms. The van der Waals surface area contributed by atoms with Crippen LogP contribution in [0, 0.1) is 0 Å². The second kappa shape index (κ2) is 7.64. The maximum absolute atomic E-state index is 11.7. The standard InChI is InChI=1S/C18H19N5O3/c1-2-16(24)21-12-7-9-23(11-12)15-6-5-14(17(19)25)18(22-15)26-13-4-3-8-20-10-13/h2-6,8,10,12H,1,7,9,11H2,(H2,19,25)(H,21,24)/t12-/m0/s1. The number of primary amides is 1. The Kier molecular flexibility index (Phi) is 5.12. The maximum Gasteiger partial charge on any atom is 0.254 e. The third kappa shape index (κ3) is 3.97. The van der Waals surface area contributed by atoms with Crippen molar-refractivity contribution in [3.8, 4) is 11.6 Å². The van der Waals surface area contributed by atoms with E-state index in [0.717, 1.165) is 13.0 Å². The second-order valence-corrected chi connectivity index (χ2v) is 5.82. The molecule has 0 radical (unpaired) electrons. The fraction of sp³-hybridized carbons (Fsp3) is 0.222. The molecule has 1 saturated heterocycles. The Morgan fingerprint density at radius 1 is 1.38 bits per heavy atom. The highest BCUT2D eigenvalue weighted by Gasteiger charge is 2.25. The summed E-state index contributed by atoms with van der Waals surface area (Å²) in [6.45, 7) is 4.78. The Labute approximate surface area is 150 Å². The quantitative estimate of drug-likeness (QED) is 0.756. The van der Waals surface area contributed by atoms with E-state index in [2.05, 4.69) is 21.9 Å². The molecule has 0 aromatic carbocycles. The Morgan fingerprint density at radius 3 is 2.92 bits per heavy atom. The van der Waals surface area contributed by atoms with E-state index in [1.807, 2.05) is 4.90 Å². The van der Waals surface area contributed by atoms with Crippen molar-refractivity contribution in [3.63, 3.8) is 0 Å². The highest BCUT2D eigenvalue weighted by molar-refractivity contribution is 5.95. The molecule has 2 amide bonds. The summed E-state index contributed by atoms with van der Waals surface area (Å²) in [5.41, 5.74) is 5.61. The second-order valence-electron chi connectivity index (χ2n) is 5.82. The highest BCUT2D eigenvalue weighted by Crippen LogP contribution is 2.27. The first-order chi connectivity index (χ1) is 12.6. The fourth-order valence-corrected chi connectivity index (χ4v) is 2.74. The summed E-state index contributed by atoms with van der Waals surface area (Å²) in [7, 11) is 0. The van der Waals surface area contributed by atoms with Gasteiger partial charge in [-0.3, -0.25) is 14.6 Å². The lowest BCUT2D eigenvalue weighted by Crippen LogP contribution is -2.36. The Bertz CT molecular complexity index is 825. The summed E-state index contributed by atoms with van der Waals surface area (Å²) >= 11 is 0. The molecule has 8 nitrogen and oxygen atoms in total. The number of hydrogen-bond donors (Lipinski definition) is 2. The molecule has 1 atom stereocenters. The number of carbonyl (C=O) groups excluding carboxylic acids is 2. The largest absolute Gasteiger partial charge is 0.436 e. The summed E-state index contributed by atoms with van der Waals surface area (Å²) < 4.78 is 5.70. The molecule has 134 valence electrons. The minimum Gasteiger partial charge on any atom is -0.436 e. The zero-order chi connectivity index (χ0) is 18.5. The smallest absolute Gasteiger partial charge is 0.254 e. The van der Waals surface area contributed by atoms with Gasteiger partial charge in [-0.2, -0.15) is 4.98 Å². The van der Waals surface area contributed by atoms with Crippen LogP contribution < -0.4 is 20.7 Å². The minimum atomic E-state index is -0.625. The van der Waals surface area contributed by atoms with Crippen LogP contribution in [0.4, 0.5) is 5.82 Å². The van der Waals surface area contributed by atoms with Gasteiger partial charge in [0, 0.05) is 25.3 Å². The van der Waals surface area contributed by atoms with Crippen molar-refractivity contribution >= 4 is 17.6 Å². The third-order valence-electron chi connectivity index (χ3n) is 4.00. The zero-order valence-corrected chi connectivity index (χ0v) is 14.1. The summed E-state index contributed by atoms with van der Waals surface area (Å²) in [6, 6.07) is 6.75. The number of aromatic nitrogens is 2. The average Bonchev–Trinajstić information content (AvgIpc) is 3.10. The summed E-state index contributed by atoms with van der Waals surface area (Å²) in [5, 5.41) is 2.87. The molecule has 2 aromatic rings. The van der Waals surface area contributed by atoms with Gasteiger partial charge in [0.1, 0.15) is 17.1 Å². The molecule has 0 spiro atoms. The number of amides is 2. The first-order valence-electron chi connectivity index (χ1n) is 8.13. The van der Waals surface area contributed by atoms with Crippen LogP contribution in [0.3, 0.4) is 0 Å². The highest BCUT2D eigenvalue weighted by atomic mass is 16.5. The number of ether oxygens (including phenoxy) is 1. The SMILES string of the molecule is C=CC(=O)N[C@H]1CCN(c2ccc(C(N)=O)c(Oc3cccnc3)n2)C1. The molecule has 3 rings (SSSR count). The van der Waals surface area contributed by atoms with Gasteiger partial charge in [-0.15, -0.1) is 0 Å². The lowest BCUT2D eigenvalue weighted by atomic mass is 10.2. The molecule has 26 heavy (non-hydrogen) atoms. The molecule has 3 N–H and O–H groups in total. The van der Waals surface area contributed by atoms with Crippen LogP contribution >= 0.6 is 0 Å². The summed E-state index contributed by atoms with van der Waals surface area (Å²) in [5.74, 6) is 0.401. The van der Waals surface area contributed by atoms with Crippen molar-refractivity contribution in [2.24, 2.45) is 5.73 Å².